The van der Waals surface area contributed by atoms with Crippen LogP contribution >= 0.6 is 0 Å². The number of benzene rings is 1. The van der Waals surface area contributed by atoms with Crippen molar-refractivity contribution in [2.24, 2.45) is 0 Å². The highest BCUT2D eigenvalue weighted by Gasteiger charge is 2.17. The van der Waals surface area contributed by atoms with Crippen LogP contribution in [0, 0.1) is 20.2 Å². The van der Waals surface area contributed by atoms with E-state index in [9.17, 15) is 30.1 Å². The van der Waals surface area contributed by atoms with Crippen LogP contribution in [-0.2, 0) is 6.54 Å². The molecule has 0 saturated carbocycles. The van der Waals surface area contributed by atoms with Crippen LogP contribution in [0.1, 0.15) is 16.3 Å². The monoisotopic (exact) mass is 373 g/mol. The number of nitrogens with one attached hydrogen (secondary N) is 1. The first kappa shape index (κ1) is 17.6. The van der Waals surface area contributed by atoms with Crippen molar-refractivity contribution < 1.29 is 24.2 Å². The summed E-state index contributed by atoms with van der Waals surface area (Å²) >= 11 is 0. The molecule has 0 saturated heterocycles. The maximum Gasteiger partial charge on any atom is 0.307 e. The smallest absolute Gasteiger partial charge is 0.307 e. The summed E-state index contributed by atoms with van der Waals surface area (Å²) in [6.07, 6.45) is 2.30. The van der Waals surface area contributed by atoms with Gasteiger partial charge in [0.25, 0.3) is 11.6 Å². The minimum Gasteiger partial charge on any atom is -0.506 e. The van der Waals surface area contributed by atoms with E-state index < -0.39 is 15.8 Å². The van der Waals surface area contributed by atoms with Crippen LogP contribution < -0.4 is 5.32 Å². The number of hydrogen-bond acceptors (Lipinski definition) is 8. The number of nitro benzene ring substituents is 1. The highest BCUT2D eigenvalue weighted by atomic mass is 16.6. The molecule has 0 unspecified atom stereocenters. The normalized spacial score (nSPS) is 10.5. The zero-order valence-electron chi connectivity index (χ0n) is 13.4. The topological polar surface area (TPSA) is 167 Å². The van der Waals surface area contributed by atoms with Crippen molar-refractivity contribution in [1.29, 1.82) is 0 Å². The maximum atomic E-state index is 12.2. The molecule has 12 nitrogen and oxygen atoms in total. The Kier molecular flexibility index (Phi) is 4.53. The number of phenols is 1. The van der Waals surface area contributed by atoms with Crippen molar-refractivity contribution in [1.82, 2.24) is 9.78 Å². The zero-order valence-corrected chi connectivity index (χ0v) is 13.4. The SMILES string of the molecule is O=C(Nc1cc([N+](=O)[O-])ccc1O)c1ccc(Cn2cc([N+](=O)[O-])cn2)o1. The standard InChI is InChI=1S/C15H11N5O7/c21-13-3-1-9(19(23)24)5-12(13)17-15(22)14-4-2-11(27-14)8-18-7-10(6-16-18)20(25)26/h1-7,21H,8H2,(H,17,22). The molecule has 0 spiro atoms. The van der Waals surface area contributed by atoms with Crippen LogP contribution in [0.2, 0.25) is 0 Å². The maximum absolute atomic E-state index is 12.2. The number of hydrogen-bond donors (Lipinski definition) is 2. The molecule has 0 atom stereocenters. The molecule has 3 aromatic rings. The van der Waals surface area contributed by atoms with E-state index >= 15 is 0 Å². The van der Waals surface area contributed by atoms with Gasteiger partial charge in [0, 0.05) is 12.1 Å². The minimum absolute atomic E-state index is 0.0587. The third kappa shape index (κ3) is 3.89. The molecule has 2 aromatic heterocycles. The summed E-state index contributed by atoms with van der Waals surface area (Å²) in [4.78, 5) is 32.4. The molecule has 1 amide bonds. The molecule has 1 aromatic carbocycles. The lowest BCUT2D eigenvalue weighted by atomic mass is 10.2. The van der Waals surface area contributed by atoms with E-state index in [1.165, 1.54) is 23.0 Å². The molecule has 0 radical (unpaired) electrons. The Morgan fingerprint density at radius 2 is 1.93 bits per heavy atom. The molecule has 0 bridgehead atoms. The van der Waals surface area contributed by atoms with Gasteiger partial charge in [0.2, 0.25) is 0 Å². The van der Waals surface area contributed by atoms with E-state index in [0.717, 1.165) is 24.4 Å². The largest absolute Gasteiger partial charge is 0.506 e. The molecular formula is C15H11N5O7. The first-order valence-corrected chi connectivity index (χ1v) is 7.38. The van der Waals surface area contributed by atoms with Crippen molar-refractivity contribution in [2.75, 3.05) is 5.32 Å². The van der Waals surface area contributed by atoms with Crippen LogP contribution in [0.3, 0.4) is 0 Å². The first-order chi connectivity index (χ1) is 12.8. The van der Waals surface area contributed by atoms with Crippen molar-refractivity contribution in [2.45, 2.75) is 6.54 Å². The van der Waals surface area contributed by atoms with Crippen LogP contribution in [0.25, 0.3) is 0 Å². The average Bonchev–Trinajstić information content (AvgIpc) is 3.26. The summed E-state index contributed by atoms with van der Waals surface area (Å²) in [5.74, 6) is -0.882. The van der Waals surface area contributed by atoms with Gasteiger partial charge < -0.3 is 14.8 Å². The molecule has 138 valence electrons. The van der Waals surface area contributed by atoms with E-state index in [1.807, 2.05) is 0 Å². The van der Waals surface area contributed by atoms with Gasteiger partial charge in [0.1, 0.15) is 23.9 Å². The van der Waals surface area contributed by atoms with E-state index in [2.05, 4.69) is 10.4 Å². The Labute approximate surface area is 149 Å². The molecule has 0 fully saturated rings. The number of aromatic hydroxyl groups is 1. The molecule has 2 heterocycles. The third-order valence-electron chi connectivity index (χ3n) is 3.47. The fourth-order valence-electron chi connectivity index (χ4n) is 2.20. The number of non-ortho nitro benzene ring substituents is 1. The summed E-state index contributed by atoms with van der Waals surface area (Å²) in [5, 5.41) is 37.3. The van der Waals surface area contributed by atoms with E-state index in [1.54, 1.807) is 0 Å². The lowest BCUT2D eigenvalue weighted by Gasteiger charge is -2.05. The Morgan fingerprint density at radius 3 is 2.59 bits per heavy atom. The number of anilines is 1. The lowest BCUT2D eigenvalue weighted by Crippen LogP contribution is -2.11. The summed E-state index contributed by atoms with van der Waals surface area (Å²) in [7, 11) is 0. The Hall–Kier alpha value is -4.22. The Morgan fingerprint density at radius 1 is 1.19 bits per heavy atom. The number of carbonyl (C=O) groups excluding carboxylic acids is 1. The van der Waals surface area contributed by atoms with Gasteiger partial charge in [-0.3, -0.25) is 29.7 Å². The highest BCUT2D eigenvalue weighted by molar-refractivity contribution is 6.03. The van der Waals surface area contributed by atoms with Crippen molar-refractivity contribution in [3.05, 3.63) is 74.5 Å². The molecule has 2 N–H and O–H groups in total. The number of rotatable bonds is 6. The predicted octanol–water partition coefficient (Wildman–Crippen LogP) is 2.30. The molecule has 0 aliphatic rings. The van der Waals surface area contributed by atoms with Gasteiger partial charge in [-0.05, 0) is 18.2 Å². The fourth-order valence-corrected chi connectivity index (χ4v) is 2.20. The Bertz CT molecular complexity index is 1040. The van der Waals surface area contributed by atoms with Gasteiger partial charge in [-0.15, -0.1) is 0 Å². The number of aromatic nitrogens is 2. The summed E-state index contributed by atoms with van der Waals surface area (Å²) in [6, 6.07) is 6.04. The first-order valence-electron chi connectivity index (χ1n) is 7.38. The van der Waals surface area contributed by atoms with E-state index in [4.69, 9.17) is 4.42 Å². The van der Waals surface area contributed by atoms with Gasteiger partial charge in [-0.1, -0.05) is 0 Å². The quantitative estimate of drug-likeness (QED) is 0.377. The van der Waals surface area contributed by atoms with E-state index in [0.29, 0.717) is 5.76 Å². The lowest BCUT2D eigenvalue weighted by molar-refractivity contribution is -0.385. The van der Waals surface area contributed by atoms with Gasteiger partial charge in [0.05, 0.1) is 22.1 Å². The average molecular weight is 373 g/mol. The van der Waals surface area contributed by atoms with E-state index in [-0.39, 0.29) is 35.1 Å². The van der Waals surface area contributed by atoms with Crippen molar-refractivity contribution >= 4 is 23.0 Å². The third-order valence-corrected chi connectivity index (χ3v) is 3.47. The summed E-state index contributed by atoms with van der Waals surface area (Å²) < 4.78 is 6.62. The van der Waals surface area contributed by atoms with Gasteiger partial charge >= 0.3 is 5.69 Å². The van der Waals surface area contributed by atoms with Crippen molar-refractivity contribution in [3.8, 4) is 5.75 Å². The van der Waals surface area contributed by atoms with Crippen LogP contribution in [-0.4, -0.2) is 30.6 Å². The molecule has 12 heteroatoms. The number of phenolic OH excluding ortho intramolecular Hbond substituents is 1. The second-order valence-electron chi connectivity index (χ2n) is 5.33. The number of amides is 1. The van der Waals surface area contributed by atoms with Gasteiger partial charge in [-0.2, -0.15) is 5.10 Å². The molecule has 3 rings (SSSR count). The Balaban J connectivity index is 1.72. The fraction of sp³-hybridized carbons (Fsp3) is 0.0667. The number of furan rings is 1. The van der Waals surface area contributed by atoms with Gasteiger partial charge in [0.15, 0.2) is 5.76 Å². The zero-order chi connectivity index (χ0) is 19.6. The second kappa shape index (κ2) is 6.95. The summed E-state index contributed by atoms with van der Waals surface area (Å²) in [6.45, 7) is 0.0587. The van der Waals surface area contributed by atoms with Crippen molar-refractivity contribution in [3.63, 3.8) is 0 Å². The predicted molar refractivity (Wildman–Crippen MR) is 89.4 cm³/mol. The van der Waals surface area contributed by atoms with Crippen LogP contribution in [0.15, 0.2) is 47.1 Å². The van der Waals surface area contributed by atoms with Gasteiger partial charge in [-0.25, -0.2) is 0 Å². The molecule has 27 heavy (non-hydrogen) atoms. The number of carbonyl (C=O) groups is 1. The summed E-state index contributed by atoms with van der Waals surface area (Å²) in [5.41, 5.74) is -0.626. The molecule has 0 aliphatic heterocycles. The highest BCUT2D eigenvalue weighted by Crippen LogP contribution is 2.28. The number of nitro groups is 2. The van der Waals surface area contributed by atoms with Crippen LogP contribution in [0.4, 0.5) is 17.1 Å². The molecule has 0 aliphatic carbocycles. The number of nitrogens with zero attached hydrogens (tertiary/aromatic N) is 4. The molecular weight excluding hydrogens is 362 g/mol. The van der Waals surface area contributed by atoms with Crippen LogP contribution in [0.5, 0.6) is 5.75 Å². The minimum atomic E-state index is -0.733. The second-order valence-corrected chi connectivity index (χ2v) is 5.33.